The third-order valence-electron chi connectivity index (χ3n) is 4.52. The maximum atomic E-state index is 13.5. The van der Waals surface area contributed by atoms with Crippen LogP contribution in [-0.4, -0.2) is 20.0 Å². The number of benzene rings is 2. The first kappa shape index (κ1) is 18.5. The zero-order chi connectivity index (χ0) is 19.5. The summed E-state index contributed by atoms with van der Waals surface area (Å²) in [4.78, 5) is 15.3. The van der Waals surface area contributed by atoms with E-state index in [0.29, 0.717) is 11.1 Å². The monoisotopic (exact) mass is 406 g/mol. The van der Waals surface area contributed by atoms with Crippen molar-refractivity contribution in [2.45, 2.75) is 0 Å². The highest BCUT2D eigenvalue weighted by Gasteiger charge is 2.23. The van der Waals surface area contributed by atoms with Crippen molar-refractivity contribution in [3.8, 4) is 32.4 Å². The normalized spacial score (nSPS) is 10.6. The van der Waals surface area contributed by atoms with Crippen LogP contribution in [0.1, 0.15) is 15.9 Å². The van der Waals surface area contributed by atoms with Gasteiger partial charge < -0.3 is 9.47 Å². The standard InChI is InChI=1S/C23H18O3S2/c1-25-19-9-5-3-7-15(19)22-17(11-13-27-22)21(24)18-12-14-28-23(18)16-8-4-6-10-20(16)26-2/h3-14H,1-2H3. The van der Waals surface area contributed by atoms with Crippen molar-refractivity contribution >= 4 is 28.5 Å². The minimum Gasteiger partial charge on any atom is -0.496 e. The van der Waals surface area contributed by atoms with Crippen LogP contribution >= 0.6 is 22.7 Å². The Balaban J connectivity index is 1.80. The number of hydrogen-bond donors (Lipinski definition) is 0. The molecule has 0 bridgehead atoms. The summed E-state index contributed by atoms with van der Waals surface area (Å²) in [5, 5.41) is 3.90. The van der Waals surface area contributed by atoms with Gasteiger partial charge in [-0.15, -0.1) is 22.7 Å². The molecule has 0 N–H and O–H groups in total. The number of ether oxygens (including phenoxy) is 2. The van der Waals surface area contributed by atoms with Gasteiger partial charge in [0.1, 0.15) is 11.5 Å². The van der Waals surface area contributed by atoms with Crippen molar-refractivity contribution < 1.29 is 14.3 Å². The van der Waals surface area contributed by atoms with Crippen LogP contribution in [0.4, 0.5) is 0 Å². The molecule has 140 valence electrons. The summed E-state index contributed by atoms with van der Waals surface area (Å²) in [5.41, 5.74) is 3.22. The highest BCUT2D eigenvalue weighted by atomic mass is 32.1. The van der Waals surface area contributed by atoms with Crippen LogP contribution in [-0.2, 0) is 0 Å². The van der Waals surface area contributed by atoms with Crippen LogP contribution in [0.15, 0.2) is 71.4 Å². The summed E-state index contributed by atoms with van der Waals surface area (Å²) in [6.45, 7) is 0. The van der Waals surface area contributed by atoms with Gasteiger partial charge >= 0.3 is 0 Å². The Labute approximate surface area is 171 Å². The lowest BCUT2D eigenvalue weighted by Crippen LogP contribution is -2.02. The zero-order valence-electron chi connectivity index (χ0n) is 15.5. The number of rotatable bonds is 6. The molecule has 0 saturated heterocycles. The van der Waals surface area contributed by atoms with Crippen molar-refractivity contribution in [2.75, 3.05) is 14.2 Å². The van der Waals surface area contributed by atoms with Crippen LogP contribution in [0.25, 0.3) is 20.9 Å². The molecule has 0 aliphatic heterocycles. The van der Waals surface area contributed by atoms with Crippen LogP contribution in [0, 0.1) is 0 Å². The van der Waals surface area contributed by atoms with E-state index < -0.39 is 0 Å². The molecule has 4 aromatic rings. The Morgan fingerprint density at radius 2 is 1.11 bits per heavy atom. The van der Waals surface area contributed by atoms with Crippen molar-refractivity contribution in [3.63, 3.8) is 0 Å². The summed E-state index contributed by atoms with van der Waals surface area (Å²) < 4.78 is 11.0. The van der Waals surface area contributed by atoms with E-state index >= 15 is 0 Å². The summed E-state index contributed by atoms with van der Waals surface area (Å²) >= 11 is 3.09. The Kier molecular flexibility index (Phi) is 5.28. The largest absolute Gasteiger partial charge is 0.496 e. The van der Waals surface area contributed by atoms with Gasteiger partial charge in [0, 0.05) is 32.0 Å². The number of para-hydroxylation sites is 2. The first-order valence-corrected chi connectivity index (χ1v) is 10.5. The van der Waals surface area contributed by atoms with E-state index in [1.807, 2.05) is 71.4 Å². The van der Waals surface area contributed by atoms with Crippen LogP contribution in [0.3, 0.4) is 0 Å². The van der Waals surface area contributed by atoms with Crippen LogP contribution in [0.5, 0.6) is 11.5 Å². The second kappa shape index (κ2) is 8.00. The Bertz CT molecular complexity index is 1040. The van der Waals surface area contributed by atoms with E-state index in [9.17, 15) is 4.79 Å². The van der Waals surface area contributed by atoms with Gasteiger partial charge in [0.05, 0.1) is 14.2 Å². The third kappa shape index (κ3) is 3.23. The summed E-state index contributed by atoms with van der Waals surface area (Å²) in [5.74, 6) is 1.52. The lowest BCUT2D eigenvalue weighted by molar-refractivity contribution is 0.104. The number of methoxy groups -OCH3 is 2. The van der Waals surface area contributed by atoms with E-state index in [1.54, 1.807) is 36.9 Å². The highest BCUT2D eigenvalue weighted by Crippen LogP contribution is 2.40. The number of ketones is 1. The highest BCUT2D eigenvalue weighted by molar-refractivity contribution is 7.14. The van der Waals surface area contributed by atoms with E-state index in [2.05, 4.69) is 0 Å². The predicted molar refractivity (Wildman–Crippen MR) is 116 cm³/mol. The molecule has 4 rings (SSSR count). The molecule has 2 heterocycles. The number of carbonyl (C=O) groups is 1. The van der Waals surface area contributed by atoms with Crippen molar-refractivity contribution in [2.24, 2.45) is 0 Å². The van der Waals surface area contributed by atoms with Gasteiger partial charge in [-0.3, -0.25) is 4.79 Å². The average molecular weight is 407 g/mol. The van der Waals surface area contributed by atoms with Gasteiger partial charge in [-0.05, 0) is 47.2 Å². The fraction of sp³-hybridized carbons (Fsp3) is 0.0870. The van der Waals surface area contributed by atoms with Gasteiger partial charge in [-0.2, -0.15) is 0 Å². The fourth-order valence-corrected chi connectivity index (χ4v) is 5.05. The molecule has 5 heteroatoms. The maximum Gasteiger partial charge on any atom is 0.195 e. The summed E-state index contributed by atoms with van der Waals surface area (Å²) in [7, 11) is 3.29. The first-order chi connectivity index (χ1) is 13.7. The maximum absolute atomic E-state index is 13.5. The van der Waals surface area contributed by atoms with Gasteiger partial charge in [0.15, 0.2) is 5.78 Å². The van der Waals surface area contributed by atoms with Gasteiger partial charge in [0.2, 0.25) is 0 Å². The van der Waals surface area contributed by atoms with Crippen molar-refractivity contribution in [1.29, 1.82) is 0 Å². The molecule has 2 aromatic heterocycles. The van der Waals surface area contributed by atoms with Crippen LogP contribution < -0.4 is 9.47 Å². The third-order valence-corrected chi connectivity index (χ3v) is 6.42. The molecule has 0 fully saturated rings. The van der Waals surface area contributed by atoms with E-state index in [-0.39, 0.29) is 5.78 Å². The topological polar surface area (TPSA) is 35.5 Å². The Morgan fingerprint density at radius 3 is 1.54 bits per heavy atom. The van der Waals surface area contributed by atoms with E-state index in [1.165, 1.54) is 0 Å². The van der Waals surface area contributed by atoms with Gasteiger partial charge in [-0.25, -0.2) is 0 Å². The fourth-order valence-electron chi connectivity index (χ4n) is 3.20. The number of thiophene rings is 2. The molecule has 0 spiro atoms. The summed E-state index contributed by atoms with van der Waals surface area (Å²) in [6, 6.07) is 19.3. The molecule has 0 aliphatic rings. The molecule has 28 heavy (non-hydrogen) atoms. The summed E-state index contributed by atoms with van der Waals surface area (Å²) in [6.07, 6.45) is 0. The molecule has 0 aliphatic carbocycles. The first-order valence-electron chi connectivity index (χ1n) is 8.71. The minimum absolute atomic E-state index is 0.00399. The lowest BCUT2D eigenvalue weighted by Gasteiger charge is -2.10. The predicted octanol–water partition coefficient (Wildman–Crippen LogP) is 6.39. The molecule has 2 aromatic carbocycles. The second-order valence-electron chi connectivity index (χ2n) is 6.06. The van der Waals surface area contributed by atoms with Gasteiger partial charge in [0.25, 0.3) is 0 Å². The quantitative estimate of drug-likeness (QED) is 0.348. The van der Waals surface area contributed by atoms with Crippen LogP contribution in [0.2, 0.25) is 0 Å². The molecule has 0 atom stereocenters. The average Bonchev–Trinajstić information content (AvgIpc) is 3.43. The smallest absolute Gasteiger partial charge is 0.195 e. The number of carbonyl (C=O) groups excluding carboxylic acids is 1. The molecule has 0 amide bonds. The van der Waals surface area contributed by atoms with Crippen molar-refractivity contribution in [3.05, 3.63) is 82.6 Å². The molecular formula is C23H18O3S2. The molecule has 0 radical (unpaired) electrons. The van der Waals surface area contributed by atoms with E-state index in [0.717, 1.165) is 32.4 Å². The SMILES string of the molecule is COc1ccccc1-c1sccc1C(=O)c1ccsc1-c1ccccc1OC. The minimum atomic E-state index is 0.00399. The van der Waals surface area contributed by atoms with Gasteiger partial charge in [-0.1, -0.05) is 24.3 Å². The molecular weight excluding hydrogens is 388 g/mol. The molecule has 0 unspecified atom stereocenters. The van der Waals surface area contributed by atoms with E-state index in [4.69, 9.17) is 9.47 Å². The molecule has 0 saturated carbocycles. The molecule has 3 nitrogen and oxygen atoms in total. The van der Waals surface area contributed by atoms with Crippen molar-refractivity contribution in [1.82, 2.24) is 0 Å². The number of hydrogen-bond acceptors (Lipinski definition) is 5. The Morgan fingerprint density at radius 1 is 0.679 bits per heavy atom. The lowest BCUT2D eigenvalue weighted by atomic mass is 9.99. The zero-order valence-corrected chi connectivity index (χ0v) is 17.1. The Hall–Kier alpha value is -2.89. The second-order valence-corrected chi connectivity index (χ2v) is 7.89.